The minimum absolute atomic E-state index is 0.134. The van der Waals surface area contributed by atoms with Crippen molar-refractivity contribution in [3.05, 3.63) is 95.6 Å². The van der Waals surface area contributed by atoms with Gasteiger partial charge in [-0.15, -0.1) is 0 Å². The molecule has 1 heterocycles. The van der Waals surface area contributed by atoms with Gasteiger partial charge in [-0.1, -0.05) is 101 Å². The standard InChI is InChI=1S/C39H55N5O2/c1-4-7-24-40-39(46)42-36-21-20-34(43(25-8-5-2)26-9-6-3)29-35(36)38(45)41-30-31-22-27-44(28-23-31)37(32-16-12-10-13-17-32)33-18-14-11-15-19-33/h10-21,29,31,37H,4-9,22-28,30H2,1-3H3,(H,41,45)(H2,40,42,46). The molecule has 4 rings (SSSR count). The molecule has 0 radical (unpaired) electrons. The second-order valence-electron chi connectivity index (χ2n) is 12.6. The molecule has 3 aromatic rings. The summed E-state index contributed by atoms with van der Waals surface area (Å²) in [6.07, 6.45) is 8.38. The molecular weight excluding hydrogens is 570 g/mol. The first-order valence-corrected chi connectivity index (χ1v) is 17.6. The molecule has 1 saturated heterocycles. The fourth-order valence-electron chi connectivity index (χ4n) is 6.27. The maximum Gasteiger partial charge on any atom is 0.319 e. The van der Waals surface area contributed by atoms with Crippen LogP contribution in [0, 0.1) is 5.92 Å². The second kappa shape index (κ2) is 19.0. The lowest BCUT2D eigenvalue weighted by atomic mass is 9.91. The number of carbonyl (C=O) groups is 2. The van der Waals surface area contributed by atoms with Crippen molar-refractivity contribution in [2.45, 2.75) is 78.2 Å². The van der Waals surface area contributed by atoms with Crippen molar-refractivity contribution < 1.29 is 9.59 Å². The Kier molecular flexibility index (Phi) is 14.4. The Morgan fingerprint density at radius 1 is 0.783 bits per heavy atom. The van der Waals surface area contributed by atoms with Crippen molar-refractivity contribution in [1.82, 2.24) is 15.5 Å². The highest BCUT2D eigenvalue weighted by atomic mass is 16.2. The quantitative estimate of drug-likeness (QED) is 0.132. The van der Waals surface area contributed by atoms with Gasteiger partial charge in [0.15, 0.2) is 0 Å². The third-order valence-corrected chi connectivity index (χ3v) is 9.04. The number of unbranched alkanes of at least 4 members (excludes halogenated alkanes) is 3. The molecule has 1 aliphatic heterocycles. The van der Waals surface area contributed by atoms with Crippen molar-refractivity contribution in [3.63, 3.8) is 0 Å². The van der Waals surface area contributed by atoms with E-state index in [4.69, 9.17) is 0 Å². The number of urea groups is 1. The van der Waals surface area contributed by atoms with E-state index in [1.54, 1.807) is 0 Å². The largest absolute Gasteiger partial charge is 0.372 e. The normalized spacial score (nSPS) is 13.8. The van der Waals surface area contributed by atoms with Crippen LogP contribution in [0.3, 0.4) is 0 Å². The van der Waals surface area contributed by atoms with E-state index in [-0.39, 0.29) is 18.0 Å². The van der Waals surface area contributed by atoms with Crippen LogP contribution >= 0.6 is 0 Å². The highest BCUT2D eigenvalue weighted by molar-refractivity contribution is 6.04. The van der Waals surface area contributed by atoms with Crippen molar-refractivity contribution in [2.75, 3.05) is 49.5 Å². The van der Waals surface area contributed by atoms with Crippen LogP contribution < -0.4 is 20.9 Å². The van der Waals surface area contributed by atoms with E-state index < -0.39 is 0 Å². The molecule has 3 aromatic carbocycles. The highest BCUT2D eigenvalue weighted by Crippen LogP contribution is 2.32. The zero-order valence-corrected chi connectivity index (χ0v) is 28.3. The number of rotatable bonds is 17. The van der Waals surface area contributed by atoms with E-state index in [1.165, 1.54) is 11.1 Å². The summed E-state index contributed by atoms with van der Waals surface area (Å²) in [6, 6.07) is 27.3. The van der Waals surface area contributed by atoms with Gasteiger partial charge in [-0.3, -0.25) is 9.69 Å². The number of nitrogens with one attached hydrogen (secondary N) is 3. The molecule has 7 heteroatoms. The number of carbonyl (C=O) groups excluding carboxylic acids is 2. The van der Waals surface area contributed by atoms with Gasteiger partial charge in [-0.2, -0.15) is 0 Å². The average molecular weight is 626 g/mol. The lowest BCUT2D eigenvalue weighted by Gasteiger charge is -2.38. The predicted octanol–water partition coefficient (Wildman–Crippen LogP) is 8.25. The van der Waals surface area contributed by atoms with E-state index in [2.05, 4.69) is 107 Å². The fourth-order valence-corrected chi connectivity index (χ4v) is 6.27. The Bertz CT molecular complexity index is 1280. The Morgan fingerprint density at radius 2 is 1.37 bits per heavy atom. The second-order valence-corrected chi connectivity index (χ2v) is 12.6. The van der Waals surface area contributed by atoms with Crippen LogP contribution in [-0.4, -0.2) is 56.1 Å². The molecule has 0 aromatic heterocycles. The molecule has 0 atom stereocenters. The first kappa shape index (κ1) is 35.0. The van der Waals surface area contributed by atoms with E-state index in [0.717, 1.165) is 83.2 Å². The van der Waals surface area contributed by atoms with Gasteiger partial charge in [-0.25, -0.2) is 4.79 Å². The molecule has 3 N–H and O–H groups in total. The first-order chi connectivity index (χ1) is 22.5. The van der Waals surface area contributed by atoms with Crippen LogP contribution in [0.5, 0.6) is 0 Å². The van der Waals surface area contributed by atoms with Gasteiger partial charge in [0, 0.05) is 31.9 Å². The molecule has 0 aliphatic carbocycles. The Morgan fingerprint density at radius 3 is 1.93 bits per heavy atom. The van der Waals surface area contributed by atoms with E-state index >= 15 is 0 Å². The van der Waals surface area contributed by atoms with Gasteiger partial charge >= 0.3 is 6.03 Å². The van der Waals surface area contributed by atoms with Crippen LogP contribution in [0.25, 0.3) is 0 Å². The summed E-state index contributed by atoms with van der Waals surface area (Å²) in [5.41, 5.74) is 4.72. The first-order valence-electron chi connectivity index (χ1n) is 17.6. The number of benzene rings is 3. The Hall–Kier alpha value is -3.84. The van der Waals surface area contributed by atoms with Crippen molar-refractivity contribution in [1.29, 1.82) is 0 Å². The van der Waals surface area contributed by atoms with Crippen LogP contribution in [0.2, 0.25) is 0 Å². The number of nitrogens with zero attached hydrogens (tertiary/aromatic N) is 2. The van der Waals surface area contributed by atoms with Crippen LogP contribution in [-0.2, 0) is 0 Å². The average Bonchev–Trinajstić information content (AvgIpc) is 3.09. The number of hydrogen-bond acceptors (Lipinski definition) is 4. The summed E-state index contributed by atoms with van der Waals surface area (Å²) in [7, 11) is 0. The van der Waals surface area contributed by atoms with E-state index in [0.29, 0.717) is 30.3 Å². The zero-order valence-electron chi connectivity index (χ0n) is 28.3. The fraction of sp³-hybridized carbons (Fsp3) is 0.487. The maximum absolute atomic E-state index is 13.8. The van der Waals surface area contributed by atoms with Crippen molar-refractivity contribution in [3.8, 4) is 0 Å². The lowest BCUT2D eigenvalue weighted by Crippen LogP contribution is -2.41. The molecule has 0 saturated carbocycles. The number of likely N-dealkylation sites (tertiary alicyclic amines) is 1. The van der Waals surface area contributed by atoms with E-state index in [9.17, 15) is 9.59 Å². The van der Waals surface area contributed by atoms with Gasteiger partial charge in [-0.05, 0) is 80.4 Å². The number of hydrogen-bond donors (Lipinski definition) is 3. The number of amides is 3. The topological polar surface area (TPSA) is 76.7 Å². The lowest BCUT2D eigenvalue weighted by molar-refractivity contribution is 0.0931. The van der Waals surface area contributed by atoms with Crippen LogP contribution in [0.1, 0.15) is 99.7 Å². The van der Waals surface area contributed by atoms with Gasteiger partial charge in [0.2, 0.25) is 0 Å². The molecule has 3 amide bonds. The Balaban J connectivity index is 1.44. The van der Waals surface area contributed by atoms with Crippen molar-refractivity contribution in [2.24, 2.45) is 5.92 Å². The number of piperidine rings is 1. The number of anilines is 2. The van der Waals surface area contributed by atoms with Crippen LogP contribution in [0.4, 0.5) is 16.2 Å². The summed E-state index contributed by atoms with van der Waals surface area (Å²) in [5, 5.41) is 9.12. The third-order valence-electron chi connectivity index (χ3n) is 9.04. The third kappa shape index (κ3) is 10.3. The smallest absolute Gasteiger partial charge is 0.319 e. The minimum atomic E-state index is -0.275. The molecule has 0 spiro atoms. The molecule has 1 aliphatic rings. The molecular formula is C39H55N5O2. The SMILES string of the molecule is CCCCNC(=O)Nc1ccc(N(CCCC)CCCC)cc1C(=O)NCC1CCN(C(c2ccccc2)c2ccccc2)CC1. The minimum Gasteiger partial charge on any atom is -0.372 e. The predicted molar refractivity (Wildman–Crippen MR) is 192 cm³/mol. The zero-order chi connectivity index (χ0) is 32.6. The summed E-state index contributed by atoms with van der Waals surface area (Å²) in [6.45, 7) is 11.6. The van der Waals surface area contributed by atoms with Crippen LogP contribution in [0.15, 0.2) is 78.9 Å². The molecule has 248 valence electrons. The molecule has 7 nitrogen and oxygen atoms in total. The van der Waals surface area contributed by atoms with Gasteiger partial charge < -0.3 is 20.9 Å². The summed E-state index contributed by atoms with van der Waals surface area (Å²) in [5.74, 6) is 0.264. The summed E-state index contributed by atoms with van der Waals surface area (Å²) >= 11 is 0. The van der Waals surface area contributed by atoms with Gasteiger partial charge in [0.1, 0.15) is 0 Å². The summed E-state index contributed by atoms with van der Waals surface area (Å²) in [4.78, 5) is 31.4. The molecule has 46 heavy (non-hydrogen) atoms. The molecule has 1 fully saturated rings. The van der Waals surface area contributed by atoms with Gasteiger partial charge in [0.05, 0.1) is 17.3 Å². The highest BCUT2D eigenvalue weighted by Gasteiger charge is 2.28. The monoisotopic (exact) mass is 625 g/mol. The van der Waals surface area contributed by atoms with E-state index in [1.807, 2.05) is 18.2 Å². The molecule has 0 bridgehead atoms. The molecule has 0 unspecified atom stereocenters. The Labute approximate surface area is 277 Å². The summed E-state index contributed by atoms with van der Waals surface area (Å²) < 4.78 is 0. The van der Waals surface area contributed by atoms with Gasteiger partial charge in [0.25, 0.3) is 5.91 Å². The van der Waals surface area contributed by atoms with Crippen molar-refractivity contribution >= 4 is 23.3 Å². The maximum atomic E-state index is 13.8.